The minimum absolute atomic E-state index is 0.0449. The molecule has 4 aromatic rings. The molecule has 1 atom stereocenters. The number of aromatic nitrogens is 4. The Hall–Kier alpha value is -4.12. The molecule has 2 heterocycles. The summed E-state index contributed by atoms with van der Waals surface area (Å²) in [6, 6.07) is 14.0. The molecule has 0 spiro atoms. The van der Waals surface area contributed by atoms with Gasteiger partial charge in [-0.25, -0.2) is 14.8 Å². The van der Waals surface area contributed by atoms with Crippen LogP contribution < -0.4 is 11.1 Å². The largest absolute Gasteiger partial charge is 0.507 e. The normalized spacial score (nSPS) is 11.8. The number of nitrogen functional groups attached to an aromatic ring is 1. The summed E-state index contributed by atoms with van der Waals surface area (Å²) in [6.45, 7) is 0. The number of esters is 1. The van der Waals surface area contributed by atoms with E-state index in [9.17, 15) is 14.7 Å². The Kier molecular flexibility index (Phi) is 6.93. The lowest BCUT2D eigenvalue weighted by Gasteiger charge is -2.17. The molecule has 0 saturated carbocycles. The van der Waals surface area contributed by atoms with Gasteiger partial charge in [-0.15, -0.1) is 0 Å². The van der Waals surface area contributed by atoms with Gasteiger partial charge in [0.15, 0.2) is 5.65 Å². The molecule has 1 amide bonds. The van der Waals surface area contributed by atoms with Crippen LogP contribution in [0.3, 0.4) is 0 Å². The number of fused-ring (bicyclic) bond motifs is 1. The summed E-state index contributed by atoms with van der Waals surface area (Å²) in [5.74, 6) is -1.18. The smallest absolute Gasteiger partial charge is 0.341 e. The molecule has 0 aliphatic heterocycles. The van der Waals surface area contributed by atoms with Gasteiger partial charge in [0.1, 0.15) is 21.9 Å². The highest BCUT2D eigenvalue weighted by Gasteiger charge is 2.24. The summed E-state index contributed by atoms with van der Waals surface area (Å²) in [5.41, 5.74) is 8.24. The number of H-pyrrole nitrogens is 1. The Bertz CT molecular complexity index is 1330. The predicted octanol–water partition coefficient (Wildman–Crippen LogP) is 3.16. The number of nitrogens with one attached hydrogen (secondary N) is 2. The number of hydrogen-bond donors (Lipinski definition) is 4. The van der Waals surface area contributed by atoms with Crippen molar-refractivity contribution in [2.75, 3.05) is 18.2 Å². The number of aryl methyl sites for hydroxylation is 1. The van der Waals surface area contributed by atoms with E-state index in [0.29, 0.717) is 34.7 Å². The van der Waals surface area contributed by atoms with E-state index in [1.54, 1.807) is 0 Å². The number of methoxy groups -OCH3 is 1. The Morgan fingerprint density at radius 1 is 1.21 bits per heavy atom. The van der Waals surface area contributed by atoms with Gasteiger partial charge in [0.25, 0.3) is 0 Å². The molecule has 34 heavy (non-hydrogen) atoms. The molecule has 11 heteroatoms. The van der Waals surface area contributed by atoms with Crippen molar-refractivity contribution in [2.45, 2.75) is 23.1 Å². The van der Waals surface area contributed by atoms with E-state index in [1.807, 2.05) is 30.3 Å². The van der Waals surface area contributed by atoms with Crippen molar-refractivity contribution in [3.05, 3.63) is 66.0 Å². The monoisotopic (exact) mass is 478 g/mol. The van der Waals surface area contributed by atoms with Crippen LogP contribution in [0.15, 0.2) is 59.9 Å². The number of aromatic amines is 1. The van der Waals surface area contributed by atoms with Crippen molar-refractivity contribution >= 4 is 46.4 Å². The van der Waals surface area contributed by atoms with Crippen LogP contribution in [-0.2, 0) is 16.0 Å². The average molecular weight is 479 g/mol. The van der Waals surface area contributed by atoms with E-state index >= 15 is 0 Å². The molecule has 0 saturated heterocycles. The average Bonchev–Trinajstić information content (AvgIpc) is 3.31. The van der Waals surface area contributed by atoms with Gasteiger partial charge in [0.05, 0.1) is 18.7 Å². The zero-order chi connectivity index (χ0) is 24.1. The van der Waals surface area contributed by atoms with Gasteiger partial charge in [0.2, 0.25) is 11.9 Å². The van der Waals surface area contributed by atoms with Gasteiger partial charge < -0.3 is 25.9 Å². The van der Waals surface area contributed by atoms with Crippen LogP contribution in [0.4, 0.5) is 11.6 Å². The number of amides is 1. The molecular formula is C23H22N6O4S. The molecule has 0 bridgehead atoms. The second-order valence-corrected chi connectivity index (χ2v) is 8.52. The van der Waals surface area contributed by atoms with Crippen molar-refractivity contribution in [1.82, 2.24) is 19.9 Å². The highest BCUT2D eigenvalue weighted by molar-refractivity contribution is 8.00. The number of carbonyl (C=O) groups excluding carboxylic acids is 2. The van der Waals surface area contributed by atoms with Gasteiger partial charge in [-0.1, -0.05) is 42.1 Å². The number of benzene rings is 2. The molecule has 5 N–H and O–H groups in total. The molecule has 0 fully saturated rings. The van der Waals surface area contributed by atoms with Crippen LogP contribution in [0.2, 0.25) is 0 Å². The first kappa shape index (κ1) is 23.1. The summed E-state index contributed by atoms with van der Waals surface area (Å²) in [5, 5.41) is 12.7. The summed E-state index contributed by atoms with van der Waals surface area (Å²) in [4.78, 5) is 40.7. The van der Waals surface area contributed by atoms with Crippen molar-refractivity contribution in [3.63, 3.8) is 0 Å². The number of anilines is 2. The fourth-order valence-electron chi connectivity index (χ4n) is 3.34. The van der Waals surface area contributed by atoms with Gasteiger partial charge in [-0.2, -0.15) is 4.98 Å². The van der Waals surface area contributed by atoms with E-state index < -0.39 is 11.2 Å². The molecule has 0 radical (unpaired) electrons. The van der Waals surface area contributed by atoms with Crippen LogP contribution in [-0.4, -0.2) is 49.3 Å². The zero-order valence-corrected chi connectivity index (χ0v) is 19.0. The second kappa shape index (κ2) is 10.2. The lowest BCUT2D eigenvalue weighted by Crippen LogP contribution is -2.26. The molecule has 2 aromatic heterocycles. The van der Waals surface area contributed by atoms with Crippen LogP contribution in [0, 0.1) is 0 Å². The van der Waals surface area contributed by atoms with Gasteiger partial charge in [0, 0.05) is 5.69 Å². The number of rotatable bonds is 8. The van der Waals surface area contributed by atoms with Crippen molar-refractivity contribution < 1.29 is 19.4 Å². The molecule has 0 aliphatic carbocycles. The molecule has 4 rings (SSSR count). The van der Waals surface area contributed by atoms with E-state index in [2.05, 4.69) is 30.0 Å². The van der Waals surface area contributed by atoms with Gasteiger partial charge in [-0.3, -0.25) is 4.79 Å². The summed E-state index contributed by atoms with van der Waals surface area (Å²) in [6.07, 6.45) is 2.65. The van der Waals surface area contributed by atoms with Crippen molar-refractivity contribution in [2.24, 2.45) is 0 Å². The highest BCUT2D eigenvalue weighted by atomic mass is 32.2. The third kappa shape index (κ3) is 5.26. The molecular weight excluding hydrogens is 456 g/mol. The number of nitrogens with zero attached hydrogens (tertiary/aromatic N) is 3. The van der Waals surface area contributed by atoms with Gasteiger partial charge >= 0.3 is 5.97 Å². The van der Waals surface area contributed by atoms with Crippen LogP contribution in [0.25, 0.3) is 11.2 Å². The fraction of sp³-hybridized carbons (Fsp3) is 0.174. The summed E-state index contributed by atoms with van der Waals surface area (Å²) >= 11 is 1.25. The van der Waals surface area contributed by atoms with Crippen LogP contribution in [0.5, 0.6) is 5.75 Å². The summed E-state index contributed by atoms with van der Waals surface area (Å²) < 4.78 is 4.68. The van der Waals surface area contributed by atoms with Crippen molar-refractivity contribution in [1.29, 1.82) is 0 Å². The number of aromatic hydroxyl groups is 1. The number of ether oxygens (including phenoxy) is 1. The molecule has 10 nitrogen and oxygen atoms in total. The number of carbonyl (C=O) groups is 2. The summed E-state index contributed by atoms with van der Waals surface area (Å²) in [7, 11) is 1.22. The Labute approximate surface area is 199 Å². The minimum atomic E-state index is -0.707. The quantitative estimate of drug-likeness (QED) is 0.129. The topological polar surface area (TPSA) is 156 Å². The van der Waals surface area contributed by atoms with E-state index in [4.69, 9.17) is 5.73 Å². The maximum absolute atomic E-state index is 13.3. The van der Waals surface area contributed by atoms with Crippen LogP contribution >= 0.6 is 11.8 Å². The van der Waals surface area contributed by atoms with E-state index in [-0.39, 0.29) is 23.2 Å². The first-order valence-electron chi connectivity index (χ1n) is 10.3. The molecule has 0 unspecified atom stereocenters. The number of phenols is 1. The Balaban J connectivity index is 1.60. The highest BCUT2D eigenvalue weighted by Crippen LogP contribution is 2.31. The first-order chi connectivity index (χ1) is 16.4. The lowest BCUT2D eigenvalue weighted by molar-refractivity contribution is -0.115. The lowest BCUT2D eigenvalue weighted by atomic mass is 10.1. The number of thioether (sulfide) groups is 1. The van der Waals surface area contributed by atoms with Crippen molar-refractivity contribution in [3.8, 4) is 5.75 Å². The van der Waals surface area contributed by atoms with Gasteiger partial charge in [-0.05, 0) is 36.6 Å². The fourth-order valence-corrected chi connectivity index (χ4v) is 4.42. The second-order valence-electron chi connectivity index (χ2n) is 7.33. The Morgan fingerprint density at radius 2 is 2.00 bits per heavy atom. The molecule has 174 valence electrons. The SMILES string of the molecule is COC(=O)c1cc(NC(=O)[C@@H](CCc2ccccc2)Sc2nc(N)nc3nc[nH]c23)ccc1O. The number of imidazole rings is 1. The first-order valence-corrected chi connectivity index (χ1v) is 11.2. The third-order valence-corrected chi connectivity index (χ3v) is 6.28. The Morgan fingerprint density at radius 3 is 2.76 bits per heavy atom. The number of hydrogen-bond acceptors (Lipinski definition) is 9. The maximum Gasteiger partial charge on any atom is 0.341 e. The van der Waals surface area contributed by atoms with E-state index in [1.165, 1.54) is 43.4 Å². The zero-order valence-electron chi connectivity index (χ0n) is 18.2. The van der Waals surface area contributed by atoms with Crippen LogP contribution in [0.1, 0.15) is 22.3 Å². The molecule has 2 aromatic carbocycles. The number of nitrogens with two attached hydrogens (primary N) is 1. The standard InChI is InChI=1S/C23H22N6O4S/c1-33-22(32)15-11-14(8-9-16(15)30)27-20(31)17(10-7-13-5-3-2-4-6-13)34-21-18-19(26-12-25-18)28-23(24)29-21/h2-6,8-9,11-12,17,30H,7,10H2,1H3,(H,27,31)(H3,24,25,26,28,29)/t17-/m1/s1. The van der Waals surface area contributed by atoms with E-state index in [0.717, 1.165) is 5.56 Å². The molecule has 0 aliphatic rings. The predicted molar refractivity (Wildman–Crippen MR) is 129 cm³/mol. The number of phenolic OH excluding ortho intramolecular Hbond substituents is 1. The minimum Gasteiger partial charge on any atom is -0.507 e. The maximum atomic E-state index is 13.3. The third-order valence-electron chi connectivity index (χ3n) is 5.02.